The van der Waals surface area contributed by atoms with Crippen molar-refractivity contribution in [3.63, 3.8) is 0 Å². The highest BCUT2D eigenvalue weighted by molar-refractivity contribution is 7.98. The largest absolute Gasteiger partial charge is 0.354 e. The molecule has 2 aromatic rings. The van der Waals surface area contributed by atoms with Crippen LogP contribution in [-0.4, -0.2) is 43.4 Å². The van der Waals surface area contributed by atoms with Crippen molar-refractivity contribution in [2.45, 2.75) is 10.6 Å². The Morgan fingerprint density at radius 3 is 2.64 bits per heavy atom. The van der Waals surface area contributed by atoms with E-state index in [1.807, 2.05) is 0 Å². The number of nitrogens with zero attached hydrogens (tertiary/aromatic N) is 1. The Morgan fingerprint density at radius 1 is 1.18 bits per heavy atom. The second-order valence-corrected chi connectivity index (χ2v) is 9.26. The summed E-state index contributed by atoms with van der Waals surface area (Å²) < 4.78 is 39.0. The monoisotopic (exact) mass is 442 g/mol. The van der Waals surface area contributed by atoms with E-state index in [9.17, 15) is 22.4 Å². The molecule has 1 N–H and O–H groups in total. The lowest BCUT2D eigenvalue weighted by molar-refractivity contribution is -0.120. The maximum atomic E-state index is 13.7. The van der Waals surface area contributed by atoms with Crippen molar-refractivity contribution in [2.75, 3.05) is 18.8 Å². The number of sulfonamides is 1. The highest BCUT2D eigenvalue weighted by atomic mass is 35.5. The van der Waals surface area contributed by atoms with Gasteiger partial charge in [-0.15, -0.1) is 0 Å². The normalized spacial score (nSPS) is 14.8. The van der Waals surface area contributed by atoms with Crippen molar-refractivity contribution in [3.05, 3.63) is 64.4 Å². The second kappa shape index (κ2) is 8.50. The third-order valence-electron chi connectivity index (χ3n) is 4.08. The number of carbonyl (C=O) groups is 2. The molecular weight excluding hydrogens is 427 g/mol. The summed E-state index contributed by atoms with van der Waals surface area (Å²) in [6.07, 6.45) is 0. The van der Waals surface area contributed by atoms with Gasteiger partial charge in [-0.2, -0.15) is 11.8 Å². The number of halogens is 2. The minimum atomic E-state index is -4.01. The van der Waals surface area contributed by atoms with Crippen molar-refractivity contribution in [1.29, 1.82) is 0 Å². The molecule has 2 amide bonds. The molecule has 0 spiro atoms. The number of rotatable bonds is 7. The highest BCUT2D eigenvalue weighted by Crippen LogP contribution is 2.29. The molecule has 0 fully saturated rings. The van der Waals surface area contributed by atoms with Crippen LogP contribution in [0, 0.1) is 5.82 Å². The average molecular weight is 443 g/mol. The summed E-state index contributed by atoms with van der Waals surface area (Å²) in [5.41, 5.74) is 0.458. The standard InChI is InChI=1S/C18H16ClFN2O4S2/c19-14-5-3-6-15(20)13(14)11-27-9-8-21-17(23)10-22-18(24)12-4-1-2-7-16(12)28(22,25)26/h1-7H,8-11H2,(H,21,23). The highest BCUT2D eigenvalue weighted by Gasteiger charge is 2.41. The van der Waals surface area contributed by atoms with E-state index in [1.165, 1.54) is 42.1 Å². The topological polar surface area (TPSA) is 83.6 Å². The molecule has 2 aromatic carbocycles. The summed E-state index contributed by atoms with van der Waals surface area (Å²) in [7, 11) is -4.01. The molecule has 0 radical (unpaired) electrons. The molecule has 1 aliphatic heterocycles. The minimum Gasteiger partial charge on any atom is -0.354 e. The lowest BCUT2D eigenvalue weighted by Crippen LogP contribution is -2.40. The van der Waals surface area contributed by atoms with Crippen LogP contribution in [-0.2, 0) is 20.6 Å². The van der Waals surface area contributed by atoms with E-state index in [1.54, 1.807) is 12.1 Å². The first-order valence-corrected chi connectivity index (χ1v) is 11.2. The molecule has 3 rings (SSSR count). The molecule has 10 heteroatoms. The number of hydrogen-bond donors (Lipinski definition) is 1. The van der Waals surface area contributed by atoms with Crippen molar-refractivity contribution in [1.82, 2.24) is 9.62 Å². The van der Waals surface area contributed by atoms with Gasteiger partial charge in [0.25, 0.3) is 15.9 Å². The van der Waals surface area contributed by atoms with E-state index < -0.39 is 28.4 Å². The Morgan fingerprint density at radius 2 is 1.93 bits per heavy atom. The molecule has 6 nitrogen and oxygen atoms in total. The van der Waals surface area contributed by atoms with Crippen LogP contribution < -0.4 is 5.32 Å². The van der Waals surface area contributed by atoms with Gasteiger partial charge >= 0.3 is 0 Å². The number of amides is 2. The molecular formula is C18H16ClFN2O4S2. The fourth-order valence-corrected chi connectivity index (χ4v) is 5.40. The van der Waals surface area contributed by atoms with Gasteiger partial charge in [0.15, 0.2) is 0 Å². The number of fused-ring (bicyclic) bond motifs is 1. The van der Waals surface area contributed by atoms with Gasteiger partial charge in [-0.1, -0.05) is 29.8 Å². The Kier molecular flexibility index (Phi) is 6.26. The number of nitrogens with one attached hydrogen (secondary N) is 1. The summed E-state index contributed by atoms with van der Waals surface area (Å²) in [6.45, 7) is -0.343. The smallest absolute Gasteiger partial charge is 0.269 e. The van der Waals surface area contributed by atoms with Gasteiger partial charge < -0.3 is 5.32 Å². The van der Waals surface area contributed by atoms with Crippen molar-refractivity contribution >= 4 is 45.2 Å². The van der Waals surface area contributed by atoms with Crippen LogP contribution in [0.25, 0.3) is 0 Å². The summed E-state index contributed by atoms with van der Waals surface area (Å²) >= 11 is 7.32. The summed E-state index contributed by atoms with van der Waals surface area (Å²) in [5, 5.41) is 2.91. The van der Waals surface area contributed by atoms with Crippen molar-refractivity contribution in [3.8, 4) is 0 Å². The number of thioether (sulfide) groups is 1. The molecule has 0 aliphatic carbocycles. The van der Waals surface area contributed by atoms with Crippen LogP contribution >= 0.6 is 23.4 Å². The Labute approximate surface area is 171 Å². The van der Waals surface area contributed by atoms with Gasteiger partial charge in [0.05, 0.1) is 5.56 Å². The van der Waals surface area contributed by atoms with Crippen LogP contribution in [0.4, 0.5) is 4.39 Å². The average Bonchev–Trinajstić information content (AvgIpc) is 2.85. The van der Waals surface area contributed by atoms with Crippen LogP contribution in [0.1, 0.15) is 15.9 Å². The summed E-state index contributed by atoms with van der Waals surface area (Å²) in [5.74, 6) is -0.877. The molecule has 0 bridgehead atoms. The number of benzene rings is 2. The Hall–Kier alpha value is -2.10. The first-order valence-electron chi connectivity index (χ1n) is 8.26. The van der Waals surface area contributed by atoms with Gasteiger partial charge in [-0.05, 0) is 24.3 Å². The van der Waals surface area contributed by atoms with Crippen LogP contribution in [0.15, 0.2) is 47.4 Å². The van der Waals surface area contributed by atoms with E-state index in [2.05, 4.69) is 5.32 Å². The third-order valence-corrected chi connectivity index (χ3v) is 7.20. The zero-order valence-electron chi connectivity index (χ0n) is 14.5. The molecule has 0 unspecified atom stereocenters. The van der Waals surface area contributed by atoms with Gasteiger partial charge in [0.1, 0.15) is 17.3 Å². The van der Waals surface area contributed by atoms with Gasteiger partial charge in [0.2, 0.25) is 5.91 Å². The lowest BCUT2D eigenvalue weighted by atomic mass is 10.2. The van der Waals surface area contributed by atoms with Gasteiger partial charge in [-0.3, -0.25) is 9.59 Å². The van der Waals surface area contributed by atoms with E-state index in [0.717, 1.165) is 0 Å². The van der Waals surface area contributed by atoms with E-state index in [0.29, 0.717) is 26.4 Å². The minimum absolute atomic E-state index is 0.0626. The molecule has 1 heterocycles. The molecule has 1 aliphatic rings. The van der Waals surface area contributed by atoms with E-state index in [4.69, 9.17) is 11.6 Å². The number of carbonyl (C=O) groups excluding carboxylic acids is 2. The molecule has 0 aromatic heterocycles. The Balaban J connectivity index is 1.49. The predicted octanol–water partition coefficient (Wildman–Crippen LogP) is 2.67. The first-order chi connectivity index (χ1) is 13.3. The van der Waals surface area contributed by atoms with Crippen molar-refractivity contribution in [2.24, 2.45) is 0 Å². The summed E-state index contributed by atoms with van der Waals surface area (Å²) in [4.78, 5) is 24.2. The zero-order chi connectivity index (χ0) is 20.3. The van der Waals surface area contributed by atoms with Gasteiger partial charge in [-0.25, -0.2) is 17.1 Å². The molecule has 0 saturated heterocycles. The quantitative estimate of drug-likeness (QED) is 0.666. The van der Waals surface area contributed by atoms with Crippen molar-refractivity contribution < 1.29 is 22.4 Å². The van der Waals surface area contributed by atoms with E-state index >= 15 is 0 Å². The fraction of sp³-hybridized carbons (Fsp3) is 0.222. The third kappa shape index (κ3) is 4.16. The number of hydrogen-bond acceptors (Lipinski definition) is 5. The molecule has 0 atom stereocenters. The summed E-state index contributed by atoms with van der Waals surface area (Å²) in [6, 6.07) is 10.3. The SMILES string of the molecule is O=C(CN1C(=O)c2ccccc2S1(=O)=O)NCCSCc1c(F)cccc1Cl. The molecule has 0 saturated carbocycles. The maximum Gasteiger partial charge on any atom is 0.269 e. The first kappa shape index (κ1) is 20.6. The van der Waals surface area contributed by atoms with Gasteiger partial charge in [0, 0.05) is 28.6 Å². The Bertz CT molecular complexity index is 1010. The van der Waals surface area contributed by atoms with Crippen LogP contribution in [0.2, 0.25) is 5.02 Å². The van der Waals surface area contributed by atoms with Crippen LogP contribution in [0.5, 0.6) is 0 Å². The predicted molar refractivity (Wildman–Crippen MR) is 105 cm³/mol. The lowest BCUT2D eigenvalue weighted by Gasteiger charge is -2.14. The molecule has 148 valence electrons. The molecule has 28 heavy (non-hydrogen) atoms. The zero-order valence-corrected chi connectivity index (χ0v) is 16.9. The van der Waals surface area contributed by atoms with E-state index in [-0.39, 0.29) is 22.8 Å². The second-order valence-electron chi connectivity index (χ2n) is 5.92. The van der Waals surface area contributed by atoms with Crippen LogP contribution in [0.3, 0.4) is 0 Å². The fourth-order valence-electron chi connectivity index (χ4n) is 2.68. The maximum absolute atomic E-state index is 13.7.